The molecule has 1 heterocycles. The molecule has 0 amide bonds. The molecule has 3 aromatic rings. The molecule has 0 bridgehead atoms. The Morgan fingerprint density at radius 3 is 2.57 bits per heavy atom. The zero-order valence-electron chi connectivity index (χ0n) is 18.1. The van der Waals surface area contributed by atoms with Gasteiger partial charge in [0.15, 0.2) is 5.82 Å². The maximum absolute atomic E-state index is 9.59. The molecule has 2 aromatic carbocycles. The van der Waals surface area contributed by atoms with Gasteiger partial charge in [0.05, 0.1) is 6.10 Å². The number of ether oxygens (including phenoxy) is 1. The highest BCUT2D eigenvalue weighted by molar-refractivity contribution is 5.87. The fourth-order valence-corrected chi connectivity index (χ4v) is 3.41. The molecule has 1 aromatic heterocycles. The fourth-order valence-electron chi connectivity index (χ4n) is 3.41. The summed E-state index contributed by atoms with van der Waals surface area (Å²) >= 11 is 0. The Morgan fingerprint density at radius 1 is 1.00 bits per heavy atom. The predicted octanol–water partition coefficient (Wildman–Crippen LogP) is 6.78. The molecule has 0 saturated carbocycles. The zero-order valence-corrected chi connectivity index (χ0v) is 18.1. The van der Waals surface area contributed by atoms with Gasteiger partial charge < -0.3 is 9.84 Å². The lowest BCUT2D eigenvalue weighted by Crippen LogP contribution is -2.08. The van der Waals surface area contributed by atoms with Crippen LogP contribution < -0.4 is 0 Å². The third-order valence-electron chi connectivity index (χ3n) is 5.20. The molecule has 3 rings (SSSR count). The van der Waals surface area contributed by atoms with Crippen LogP contribution in [0.25, 0.3) is 28.2 Å². The fraction of sp³-hybridized carbons (Fsp3) is 0.385. The van der Waals surface area contributed by atoms with E-state index in [1.54, 1.807) is 12.1 Å². The first-order valence-corrected chi connectivity index (χ1v) is 11.0. The van der Waals surface area contributed by atoms with E-state index in [-0.39, 0.29) is 5.75 Å². The van der Waals surface area contributed by atoms with Gasteiger partial charge >= 0.3 is 0 Å². The minimum atomic E-state index is 0.275. The van der Waals surface area contributed by atoms with Crippen molar-refractivity contribution in [2.75, 3.05) is 6.61 Å². The summed E-state index contributed by atoms with van der Waals surface area (Å²) in [6.45, 7) is 5.26. The molecule has 0 aliphatic rings. The van der Waals surface area contributed by atoms with Gasteiger partial charge in [0.1, 0.15) is 5.75 Å². The quantitative estimate of drug-likeness (QED) is 0.358. The van der Waals surface area contributed by atoms with E-state index in [0.29, 0.717) is 11.9 Å². The zero-order chi connectivity index (χ0) is 21.2. The molecule has 0 fully saturated rings. The largest absolute Gasteiger partial charge is 0.508 e. The van der Waals surface area contributed by atoms with Gasteiger partial charge in [-0.2, -0.15) is 0 Å². The minimum absolute atomic E-state index is 0.275. The molecule has 158 valence electrons. The van der Waals surface area contributed by atoms with Gasteiger partial charge in [0.2, 0.25) is 0 Å². The lowest BCUT2D eigenvalue weighted by molar-refractivity contribution is 0.0566. The highest BCUT2D eigenvalue weighted by atomic mass is 16.5. The lowest BCUT2D eigenvalue weighted by Gasteiger charge is -2.11. The smallest absolute Gasteiger partial charge is 0.159 e. The molecule has 0 aliphatic carbocycles. The number of allylic oxidation sites excluding steroid dienone is 1. The Bertz CT molecular complexity index is 951. The van der Waals surface area contributed by atoms with E-state index in [1.165, 1.54) is 19.3 Å². The summed E-state index contributed by atoms with van der Waals surface area (Å²) in [5.41, 5.74) is 1.98. The van der Waals surface area contributed by atoms with Crippen molar-refractivity contribution >= 4 is 16.8 Å². The topological polar surface area (TPSA) is 55.2 Å². The second kappa shape index (κ2) is 11.5. The van der Waals surface area contributed by atoms with Gasteiger partial charge in [-0.1, -0.05) is 50.1 Å². The van der Waals surface area contributed by atoms with Crippen LogP contribution in [0.15, 0.2) is 54.9 Å². The van der Waals surface area contributed by atoms with Crippen molar-refractivity contribution in [3.05, 3.63) is 60.4 Å². The van der Waals surface area contributed by atoms with Gasteiger partial charge in [-0.25, -0.2) is 9.97 Å². The van der Waals surface area contributed by atoms with Crippen molar-refractivity contribution in [2.24, 2.45) is 0 Å². The van der Waals surface area contributed by atoms with Gasteiger partial charge in [0.25, 0.3) is 0 Å². The molecule has 4 heteroatoms. The van der Waals surface area contributed by atoms with Gasteiger partial charge in [0, 0.05) is 30.1 Å². The number of rotatable bonds is 11. The van der Waals surface area contributed by atoms with Crippen molar-refractivity contribution in [2.45, 2.75) is 58.5 Å². The number of aromatic nitrogens is 2. The number of hydrogen-bond acceptors (Lipinski definition) is 4. The van der Waals surface area contributed by atoms with E-state index in [1.807, 2.05) is 36.7 Å². The third kappa shape index (κ3) is 6.67. The minimum Gasteiger partial charge on any atom is -0.508 e. The van der Waals surface area contributed by atoms with Crippen LogP contribution >= 0.6 is 0 Å². The Balaban J connectivity index is 1.47. The molecule has 1 atom stereocenters. The van der Waals surface area contributed by atoms with Crippen LogP contribution in [0.1, 0.15) is 57.9 Å². The Labute approximate surface area is 179 Å². The van der Waals surface area contributed by atoms with E-state index >= 15 is 0 Å². The van der Waals surface area contributed by atoms with E-state index in [0.717, 1.165) is 47.8 Å². The van der Waals surface area contributed by atoms with E-state index in [4.69, 9.17) is 4.74 Å². The van der Waals surface area contributed by atoms with Crippen molar-refractivity contribution in [3.63, 3.8) is 0 Å². The number of nitrogens with zero attached hydrogens (tertiary/aromatic N) is 2. The molecule has 0 spiro atoms. The molecule has 1 unspecified atom stereocenters. The Kier molecular flexibility index (Phi) is 8.40. The van der Waals surface area contributed by atoms with Crippen LogP contribution in [-0.4, -0.2) is 27.8 Å². The summed E-state index contributed by atoms with van der Waals surface area (Å²) in [5.74, 6) is 0.979. The van der Waals surface area contributed by atoms with Crippen LogP contribution in [0, 0.1) is 0 Å². The summed E-state index contributed by atoms with van der Waals surface area (Å²) in [7, 11) is 0. The number of phenols is 1. The lowest BCUT2D eigenvalue weighted by atomic mass is 10.1. The molecule has 30 heavy (non-hydrogen) atoms. The van der Waals surface area contributed by atoms with Crippen LogP contribution in [0.5, 0.6) is 5.75 Å². The molecule has 0 radical (unpaired) electrons. The SMILES string of the molecule is CCCCCOC(C)CCC/C=C/c1cnc(-c2ccc3cc(O)ccc3c2)nc1. The average molecular weight is 405 g/mol. The van der Waals surface area contributed by atoms with Crippen LogP contribution in [0.3, 0.4) is 0 Å². The second-order valence-corrected chi connectivity index (χ2v) is 7.81. The van der Waals surface area contributed by atoms with Gasteiger partial charge in [-0.15, -0.1) is 0 Å². The van der Waals surface area contributed by atoms with Crippen molar-refractivity contribution in [3.8, 4) is 17.1 Å². The summed E-state index contributed by atoms with van der Waals surface area (Å²) in [4.78, 5) is 9.03. The molecular weight excluding hydrogens is 372 g/mol. The third-order valence-corrected chi connectivity index (χ3v) is 5.20. The van der Waals surface area contributed by atoms with E-state index in [9.17, 15) is 5.11 Å². The standard InChI is InChI=1S/C26H32N2O2/c1-3-4-8-15-30-20(2)9-6-5-7-10-21-18-27-26(28-19-21)24-12-11-23-17-25(29)14-13-22(23)16-24/h7,10-14,16-20,29H,3-6,8-9,15H2,1-2H3/b10-7+. The first-order chi connectivity index (χ1) is 14.7. The Morgan fingerprint density at radius 2 is 1.77 bits per heavy atom. The first kappa shape index (κ1) is 22.0. The molecule has 1 N–H and O–H groups in total. The molecule has 4 nitrogen and oxygen atoms in total. The highest BCUT2D eigenvalue weighted by Crippen LogP contribution is 2.25. The van der Waals surface area contributed by atoms with Crippen molar-refractivity contribution < 1.29 is 9.84 Å². The number of aromatic hydroxyl groups is 1. The second-order valence-electron chi connectivity index (χ2n) is 7.81. The maximum Gasteiger partial charge on any atom is 0.159 e. The van der Waals surface area contributed by atoms with Crippen LogP contribution in [0.2, 0.25) is 0 Å². The van der Waals surface area contributed by atoms with Crippen molar-refractivity contribution in [1.29, 1.82) is 0 Å². The van der Waals surface area contributed by atoms with E-state index < -0.39 is 0 Å². The number of phenolic OH excluding ortho intramolecular Hbond substituents is 1. The summed E-state index contributed by atoms with van der Waals surface area (Å²) in [5, 5.41) is 11.6. The van der Waals surface area contributed by atoms with Gasteiger partial charge in [-0.05, 0) is 61.6 Å². The first-order valence-electron chi connectivity index (χ1n) is 11.0. The van der Waals surface area contributed by atoms with E-state index in [2.05, 4.69) is 36.0 Å². The number of benzene rings is 2. The number of unbranched alkanes of at least 4 members (excludes halogenated alkanes) is 3. The molecule has 0 aliphatic heterocycles. The highest BCUT2D eigenvalue weighted by Gasteiger charge is 2.04. The van der Waals surface area contributed by atoms with Crippen LogP contribution in [0.4, 0.5) is 0 Å². The summed E-state index contributed by atoms with van der Waals surface area (Å²) in [6, 6.07) is 11.4. The summed E-state index contributed by atoms with van der Waals surface area (Å²) in [6.07, 6.45) is 15.2. The monoisotopic (exact) mass is 404 g/mol. The van der Waals surface area contributed by atoms with Crippen LogP contribution in [-0.2, 0) is 4.74 Å². The Hall–Kier alpha value is -2.72. The average Bonchev–Trinajstić information content (AvgIpc) is 2.76. The normalized spacial score (nSPS) is 12.6. The molecule has 0 saturated heterocycles. The van der Waals surface area contributed by atoms with Crippen molar-refractivity contribution in [1.82, 2.24) is 9.97 Å². The predicted molar refractivity (Wildman–Crippen MR) is 124 cm³/mol. The van der Waals surface area contributed by atoms with Gasteiger partial charge in [-0.3, -0.25) is 0 Å². The maximum atomic E-state index is 9.59. The molecular formula is C26H32N2O2. The summed E-state index contributed by atoms with van der Waals surface area (Å²) < 4.78 is 5.84. The number of fused-ring (bicyclic) bond motifs is 1. The number of hydrogen-bond donors (Lipinski definition) is 1.